The molecule has 0 fully saturated rings. The highest BCUT2D eigenvalue weighted by Gasteiger charge is 2.22. The van der Waals surface area contributed by atoms with Crippen LogP contribution in [0.4, 0.5) is 5.00 Å². The maximum atomic E-state index is 12.2. The number of methoxy groups -OCH3 is 1. The van der Waals surface area contributed by atoms with Gasteiger partial charge in [0.2, 0.25) is 5.91 Å². The van der Waals surface area contributed by atoms with Crippen LogP contribution in [0.15, 0.2) is 24.3 Å². The number of hydrogen-bond donors (Lipinski definition) is 1. The molecule has 5 heteroatoms. The molecule has 2 aromatic rings. The largest absolute Gasteiger partial charge is 0.497 e. The Labute approximate surface area is 139 Å². The first-order chi connectivity index (χ1) is 11.2. The van der Waals surface area contributed by atoms with Crippen LogP contribution in [0.25, 0.3) is 0 Å². The van der Waals surface area contributed by atoms with Gasteiger partial charge in [0.15, 0.2) is 0 Å². The first-order valence-corrected chi connectivity index (χ1v) is 8.50. The van der Waals surface area contributed by atoms with Crippen LogP contribution in [0, 0.1) is 11.3 Å². The van der Waals surface area contributed by atoms with Crippen molar-refractivity contribution < 1.29 is 9.53 Å². The molecule has 0 unspecified atom stereocenters. The van der Waals surface area contributed by atoms with Crippen LogP contribution in [0.3, 0.4) is 0 Å². The van der Waals surface area contributed by atoms with E-state index in [1.54, 1.807) is 18.4 Å². The highest BCUT2D eigenvalue weighted by atomic mass is 32.1. The van der Waals surface area contributed by atoms with Crippen molar-refractivity contribution in [2.45, 2.75) is 32.1 Å². The molecule has 4 nitrogen and oxygen atoms in total. The predicted octanol–water partition coefficient (Wildman–Crippen LogP) is 3.69. The number of nitrogens with one attached hydrogen (secondary N) is 1. The third kappa shape index (κ3) is 3.38. The van der Waals surface area contributed by atoms with Gasteiger partial charge in [0.25, 0.3) is 0 Å². The molecule has 1 heterocycles. The number of thiophene rings is 1. The van der Waals surface area contributed by atoms with E-state index >= 15 is 0 Å². The molecule has 23 heavy (non-hydrogen) atoms. The molecule has 1 aromatic carbocycles. The van der Waals surface area contributed by atoms with E-state index in [2.05, 4.69) is 11.4 Å². The van der Waals surface area contributed by atoms with Crippen LogP contribution in [-0.4, -0.2) is 13.0 Å². The summed E-state index contributed by atoms with van der Waals surface area (Å²) in [5.41, 5.74) is 2.90. The minimum Gasteiger partial charge on any atom is -0.497 e. The number of aryl methyl sites for hydroxylation is 2. The summed E-state index contributed by atoms with van der Waals surface area (Å²) in [5.74, 6) is 0.766. The first-order valence-electron chi connectivity index (χ1n) is 7.68. The van der Waals surface area contributed by atoms with Crippen molar-refractivity contribution >= 4 is 22.2 Å². The third-order valence-electron chi connectivity index (χ3n) is 4.09. The average molecular weight is 326 g/mol. The van der Waals surface area contributed by atoms with Crippen molar-refractivity contribution in [3.8, 4) is 11.8 Å². The summed E-state index contributed by atoms with van der Waals surface area (Å²) in [5, 5.41) is 13.0. The first kappa shape index (κ1) is 15.6. The summed E-state index contributed by atoms with van der Waals surface area (Å²) < 4.78 is 5.12. The number of benzene rings is 1. The molecule has 1 aromatic heterocycles. The zero-order valence-corrected chi connectivity index (χ0v) is 13.8. The van der Waals surface area contributed by atoms with Crippen LogP contribution in [-0.2, 0) is 24.1 Å². The van der Waals surface area contributed by atoms with Gasteiger partial charge in [-0.1, -0.05) is 12.1 Å². The van der Waals surface area contributed by atoms with Gasteiger partial charge >= 0.3 is 0 Å². The number of fused-ring (bicyclic) bond motifs is 1. The minimum absolute atomic E-state index is 0.0442. The van der Waals surface area contributed by atoms with Gasteiger partial charge in [-0.25, -0.2) is 0 Å². The van der Waals surface area contributed by atoms with E-state index in [-0.39, 0.29) is 5.91 Å². The molecule has 0 bridgehead atoms. The molecule has 0 aliphatic heterocycles. The summed E-state index contributed by atoms with van der Waals surface area (Å²) in [6.45, 7) is 0. The molecule has 0 saturated carbocycles. The van der Waals surface area contributed by atoms with E-state index in [4.69, 9.17) is 4.74 Å². The van der Waals surface area contributed by atoms with Gasteiger partial charge in [-0.05, 0) is 48.9 Å². The van der Waals surface area contributed by atoms with Crippen LogP contribution in [0.2, 0.25) is 0 Å². The molecular formula is C18H18N2O2S. The Morgan fingerprint density at radius 3 is 2.83 bits per heavy atom. The minimum atomic E-state index is -0.0442. The fraction of sp³-hybridized carbons (Fsp3) is 0.333. The fourth-order valence-electron chi connectivity index (χ4n) is 2.85. The van der Waals surface area contributed by atoms with Crippen molar-refractivity contribution in [2.75, 3.05) is 12.4 Å². The number of anilines is 1. The van der Waals surface area contributed by atoms with Gasteiger partial charge in [0, 0.05) is 11.3 Å². The third-order valence-corrected chi connectivity index (χ3v) is 5.29. The summed E-state index contributed by atoms with van der Waals surface area (Å²) in [4.78, 5) is 13.4. The van der Waals surface area contributed by atoms with Gasteiger partial charge in [-0.15, -0.1) is 11.3 Å². The normalized spacial score (nSPS) is 12.5. The summed E-state index contributed by atoms with van der Waals surface area (Å²) >= 11 is 1.56. The smallest absolute Gasteiger partial charge is 0.225 e. The Morgan fingerprint density at radius 2 is 2.13 bits per heavy atom. The monoisotopic (exact) mass is 326 g/mol. The van der Waals surface area contributed by atoms with Gasteiger partial charge in [0.05, 0.1) is 12.7 Å². The van der Waals surface area contributed by atoms with Crippen LogP contribution in [0.5, 0.6) is 5.75 Å². The van der Waals surface area contributed by atoms with Gasteiger partial charge in [-0.2, -0.15) is 5.26 Å². The maximum absolute atomic E-state index is 12.2. The molecule has 3 rings (SSSR count). The fourth-order valence-corrected chi connectivity index (χ4v) is 4.11. The summed E-state index contributed by atoms with van der Waals surface area (Å²) in [6, 6.07) is 9.97. The molecular weight excluding hydrogens is 308 g/mol. The lowest BCUT2D eigenvalue weighted by atomic mass is 10.1. The van der Waals surface area contributed by atoms with Crippen molar-refractivity contribution in [1.29, 1.82) is 5.26 Å². The Morgan fingerprint density at radius 1 is 1.35 bits per heavy atom. The van der Waals surface area contributed by atoms with Crippen LogP contribution >= 0.6 is 11.3 Å². The number of rotatable bonds is 5. The maximum Gasteiger partial charge on any atom is 0.225 e. The summed E-state index contributed by atoms with van der Waals surface area (Å²) in [6.07, 6.45) is 4.16. The Kier molecular flexibility index (Phi) is 4.63. The molecule has 1 N–H and O–H groups in total. The molecule has 1 amide bonds. The lowest BCUT2D eigenvalue weighted by Crippen LogP contribution is -2.12. The Balaban J connectivity index is 1.60. The molecule has 118 valence electrons. The Hall–Kier alpha value is -2.32. The van der Waals surface area contributed by atoms with Crippen molar-refractivity contribution in [2.24, 2.45) is 0 Å². The molecule has 0 spiro atoms. The van der Waals surface area contributed by atoms with E-state index < -0.39 is 0 Å². The van der Waals surface area contributed by atoms with E-state index in [1.807, 2.05) is 24.3 Å². The van der Waals surface area contributed by atoms with Crippen molar-refractivity contribution in [1.82, 2.24) is 0 Å². The number of ether oxygens (including phenoxy) is 1. The van der Waals surface area contributed by atoms with Crippen molar-refractivity contribution in [3.63, 3.8) is 0 Å². The molecule has 0 saturated heterocycles. The standard InChI is InChI=1S/C18H18N2O2S/c1-22-13-8-5-12(6-9-13)7-10-17(21)20-18-15(11-19)14-3-2-4-16(14)23-18/h5-6,8-9H,2-4,7,10H2,1H3,(H,20,21). The summed E-state index contributed by atoms with van der Waals surface area (Å²) in [7, 11) is 1.63. The number of nitriles is 1. The zero-order valence-electron chi connectivity index (χ0n) is 13.0. The number of nitrogens with zero attached hydrogens (tertiary/aromatic N) is 1. The highest BCUT2D eigenvalue weighted by molar-refractivity contribution is 7.16. The number of amides is 1. The SMILES string of the molecule is COc1ccc(CCC(=O)Nc2sc3c(c2C#N)CCC3)cc1. The van der Waals surface area contributed by atoms with Gasteiger partial charge in [-0.3, -0.25) is 4.79 Å². The predicted molar refractivity (Wildman–Crippen MR) is 91.0 cm³/mol. The van der Waals surface area contributed by atoms with Crippen molar-refractivity contribution in [3.05, 3.63) is 45.8 Å². The number of carbonyl (C=O) groups excluding carboxylic acids is 1. The second-order valence-electron chi connectivity index (χ2n) is 5.57. The molecule has 1 aliphatic rings. The van der Waals surface area contributed by atoms with Gasteiger partial charge in [0.1, 0.15) is 16.8 Å². The van der Waals surface area contributed by atoms with Crippen LogP contribution < -0.4 is 10.1 Å². The number of hydrogen-bond acceptors (Lipinski definition) is 4. The lowest BCUT2D eigenvalue weighted by molar-refractivity contribution is -0.116. The van der Waals surface area contributed by atoms with E-state index in [9.17, 15) is 10.1 Å². The second kappa shape index (κ2) is 6.84. The Bertz CT molecular complexity index is 757. The van der Waals surface area contributed by atoms with Gasteiger partial charge < -0.3 is 10.1 Å². The topological polar surface area (TPSA) is 62.1 Å². The second-order valence-corrected chi connectivity index (χ2v) is 6.67. The van der Waals surface area contributed by atoms with E-state index in [0.717, 1.165) is 41.1 Å². The van der Waals surface area contributed by atoms with E-state index in [0.29, 0.717) is 18.4 Å². The van der Waals surface area contributed by atoms with E-state index in [1.165, 1.54) is 4.88 Å². The molecule has 0 radical (unpaired) electrons. The molecule has 0 atom stereocenters. The van der Waals surface area contributed by atoms with Crippen LogP contribution in [0.1, 0.15) is 34.4 Å². The molecule has 1 aliphatic carbocycles. The lowest BCUT2D eigenvalue weighted by Gasteiger charge is -2.05. The quantitative estimate of drug-likeness (QED) is 0.911. The highest BCUT2D eigenvalue weighted by Crippen LogP contribution is 2.38. The average Bonchev–Trinajstić information content (AvgIpc) is 3.14. The zero-order chi connectivity index (χ0) is 16.2. The number of carbonyl (C=O) groups is 1.